The fraction of sp³-hybridized carbons (Fsp3) is 0.367. The maximum atomic E-state index is 12.8. The van der Waals surface area contributed by atoms with Crippen LogP contribution in [0.4, 0.5) is 4.79 Å². The third kappa shape index (κ3) is 9.22. The van der Waals surface area contributed by atoms with Gasteiger partial charge >= 0.3 is 12.1 Å². The smallest absolute Gasteiger partial charge is 0.407 e. The second-order valence-electron chi connectivity index (χ2n) is 9.83. The van der Waals surface area contributed by atoms with Crippen LogP contribution < -0.4 is 15.4 Å². The van der Waals surface area contributed by atoms with E-state index < -0.39 is 35.7 Å². The lowest BCUT2D eigenvalue weighted by molar-refractivity contribution is -0.143. The van der Waals surface area contributed by atoms with Crippen LogP contribution in [0.3, 0.4) is 0 Å². The SMILES string of the molecule is COC(=O)[C@@H](NC(=O)c1ccc(C#CC#Cc2ccc(OC3CC3)cc2)cc1)[C@@H](C)NC(=O)OC(C)(C)C. The molecule has 0 aromatic heterocycles. The Labute approximate surface area is 223 Å². The molecule has 2 aromatic rings. The first-order chi connectivity index (χ1) is 18.0. The number of carbonyl (C=O) groups is 3. The number of carbonyl (C=O) groups excluding carboxylic acids is 3. The van der Waals surface area contributed by atoms with E-state index in [0.717, 1.165) is 24.2 Å². The fourth-order valence-electron chi connectivity index (χ4n) is 3.22. The normalized spacial score (nSPS) is 13.8. The molecule has 0 saturated heterocycles. The summed E-state index contributed by atoms with van der Waals surface area (Å²) in [7, 11) is 1.21. The molecule has 8 nitrogen and oxygen atoms in total. The Morgan fingerprint density at radius 2 is 1.45 bits per heavy atom. The molecule has 0 heterocycles. The van der Waals surface area contributed by atoms with Crippen LogP contribution in [0, 0.1) is 23.7 Å². The number of hydrogen-bond acceptors (Lipinski definition) is 6. The molecule has 1 aliphatic rings. The van der Waals surface area contributed by atoms with Crippen molar-refractivity contribution < 1.29 is 28.6 Å². The molecule has 1 fully saturated rings. The maximum Gasteiger partial charge on any atom is 0.407 e. The van der Waals surface area contributed by atoms with Gasteiger partial charge in [-0.1, -0.05) is 11.8 Å². The number of methoxy groups -OCH3 is 1. The summed E-state index contributed by atoms with van der Waals surface area (Å²) >= 11 is 0. The molecule has 0 spiro atoms. The molecule has 0 radical (unpaired) electrons. The van der Waals surface area contributed by atoms with Crippen molar-refractivity contribution in [3.63, 3.8) is 0 Å². The highest BCUT2D eigenvalue weighted by Crippen LogP contribution is 2.26. The minimum absolute atomic E-state index is 0.313. The molecule has 2 N–H and O–H groups in total. The predicted molar refractivity (Wildman–Crippen MR) is 142 cm³/mol. The van der Waals surface area contributed by atoms with Gasteiger partial charge in [-0.05, 0) is 101 Å². The van der Waals surface area contributed by atoms with Crippen LogP contribution in [0.5, 0.6) is 5.75 Å². The van der Waals surface area contributed by atoms with Gasteiger partial charge in [0.25, 0.3) is 5.91 Å². The summed E-state index contributed by atoms with van der Waals surface area (Å²) in [5.41, 5.74) is 1.12. The van der Waals surface area contributed by atoms with Crippen molar-refractivity contribution in [3.8, 4) is 29.4 Å². The van der Waals surface area contributed by atoms with Crippen LogP contribution in [-0.2, 0) is 14.3 Å². The largest absolute Gasteiger partial charge is 0.490 e. The number of esters is 1. The van der Waals surface area contributed by atoms with E-state index in [4.69, 9.17) is 14.2 Å². The topological polar surface area (TPSA) is 103 Å². The number of ether oxygens (including phenoxy) is 3. The number of hydrogen-bond donors (Lipinski definition) is 2. The molecule has 38 heavy (non-hydrogen) atoms. The molecule has 3 rings (SSSR count). The number of alkyl carbamates (subject to hydrolysis) is 1. The van der Waals surface area contributed by atoms with Crippen molar-refractivity contribution in [2.75, 3.05) is 7.11 Å². The average molecular weight is 517 g/mol. The Bertz CT molecular complexity index is 1270. The highest BCUT2D eigenvalue weighted by molar-refractivity contribution is 5.97. The lowest BCUT2D eigenvalue weighted by Gasteiger charge is -2.26. The number of rotatable bonds is 7. The fourth-order valence-corrected chi connectivity index (χ4v) is 3.22. The third-order valence-electron chi connectivity index (χ3n) is 5.29. The predicted octanol–water partition coefficient (Wildman–Crippen LogP) is 3.82. The second kappa shape index (κ2) is 12.7. The van der Waals surface area contributed by atoms with Gasteiger partial charge in [-0.2, -0.15) is 0 Å². The van der Waals surface area contributed by atoms with Crippen molar-refractivity contribution in [1.82, 2.24) is 10.6 Å². The van der Waals surface area contributed by atoms with Crippen LogP contribution in [0.2, 0.25) is 0 Å². The molecule has 2 amide bonds. The van der Waals surface area contributed by atoms with Gasteiger partial charge in [0.2, 0.25) is 0 Å². The molecule has 1 saturated carbocycles. The first-order valence-corrected chi connectivity index (χ1v) is 12.3. The van der Waals surface area contributed by atoms with Crippen LogP contribution in [0.1, 0.15) is 62.0 Å². The number of nitrogens with one attached hydrogen (secondary N) is 2. The first kappa shape index (κ1) is 28.1. The van der Waals surface area contributed by atoms with Crippen LogP contribution >= 0.6 is 0 Å². The summed E-state index contributed by atoms with van der Waals surface area (Å²) in [4.78, 5) is 37.2. The first-order valence-electron chi connectivity index (χ1n) is 12.3. The van der Waals surface area contributed by atoms with Crippen molar-refractivity contribution in [2.24, 2.45) is 0 Å². The Hall–Kier alpha value is -4.43. The Balaban J connectivity index is 1.58. The third-order valence-corrected chi connectivity index (χ3v) is 5.29. The molecule has 198 valence electrons. The van der Waals surface area contributed by atoms with Crippen molar-refractivity contribution in [3.05, 3.63) is 65.2 Å². The summed E-state index contributed by atoms with van der Waals surface area (Å²) in [6.45, 7) is 6.74. The van der Waals surface area contributed by atoms with Gasteiger partial charge in [0.15, 0.2) is 0 Å². The van der Waals surface area contributed by atoms with E-state index in [1.165, 1.54) is 7.11 Å². The Morgan fingerprint density at radius 3 is 1.95 bits per heavy atom. The highest BCUT2D eigenvalue weighted by Gasteiger charge is 2.30. The van der Waals surface area contributed by atoms with E-state index in [-0.39, 0.29) is 0 Å². The van der Waals surface area contributed by atoms with Crippen LogP contribution in [-0.4, -0.2) is 48.9 Å². The zero-order valence-electron chi connectivity index (χ0n) is 22.2. The van der Waals surface area contributed by atoms with E-state index >= 15 is 0 Å². The Morgan fingerprint density at radius 1 is 0.895 bits per heavy atom. The number of benzene rings is 2. The molecule has 0 unspecified atom stereocenters. The summed E-state index contributed by atoms with van der Waals surface area (Å²) < 4.78 is 15.7. The molecular weight excluding hydrogens is 484 g/mol. The Kier molecular flexibility index (Phi) is 9.40. The molecule has 1 aliphatic carbocycles. The average Bonchev–Trinajstić information content (AvgIpc) is 3.68. The summed E-state index contributed by atoms with van der Waals surface area (Å²) in [6, 6.07) is 12.2. The van der Waals surface area contributed by atoms with Crippen molar-refractivity contribution in [2.45, 2.75) is 64.3 Å². The van der Waals surface area contributed by atoms with Crippen molar-refractivity contribution in [1.29, 1.82) is 0 Å². The lowest BCUT2D eigenvalue weighted by atomic mass is 10.1. The molecular formula is C30H32N2O6. The number of amides is 2. The molecule has 2 atom stereocenters. The van der Waals surface area contributed by atoms with Crippen LogP contribution in [0.15, 0.2) is 48.5 Å². The minimum atomic E-state index is -1.12. The summed E-state index contributed by atoms with van der Waals surface area (Å²) in [5, 5.41) is 5.17. The van der Waals surface area contributed by atoms with E-state index in [1.807, 2.05) is 24.3 Å². The van der Waals surface area contributed by atoms with Gasteiger partial charge in [0.1, 0.15) is 17.4 Å². The van der Waals surface area contributed by atoms with Gasteiger partial charge in [0.05, 0.1) is 19.3 Å². The second-order valence-corrected chi connectivity index (χ2v) is 9.83. The summed E-state index contributed by atoms with van der Waals surface area (Å²) in [6.07, 6.45) is 1.88. The quantitative estimate of drug-likeness (QED) is 0.429. The molecule has 8 heteroatoms. The maximum absolute atomic E-state index is 12.8. The van der Waals surface area contributed by atoms with Gasteiger partial charge in [0, 0.05) is 16.7 Å². The zero-order chi connectivity index (χ0) is 27.7. The molecule has 0 bridgehead atoms. The molecule has 0 aliphatic heterocycles. The van der Waals surface area contributed by atoms with Gasteiger partial charge in [-0.25, -0.2) is 9.59 Å². The van der Waals surface area contributed by atoms with Gasteiger partial charge in [-0.15, -0.1) is 0 Å². The van der Waals surface area contributed by atoms with Gasteiger partial charge in [-0.3, -0.25) is 4.79 Å². The summed E-state index contributed by atoms with van der Waals surface area (Å²) in [5.74, 6) is 11.2. The highest BCUT2D eigenvalue weighted by atomic mass is 16.6. The zero-order valence-corrected chi connectivity index (χ0v) is 22.2. The van der Waals surface area contributed by atoms with E-state index in [2.05, 4.69) is 34.3 Å². The lowest BCUT2D eigenvalue weighted by Crippen LogP contribution is -2.55. The minimum Gasteiger partial charge on any atom is -0.490 e. The van der Waals surface area contributed by atoms with E-state index in [0.29, 0.717) is 17.2 Å². The molecule has 2 aromatic carbocycles. The van der Waals surface area contributed by atoms with E-state index in [1.54, 1.807) is 52.0 Å². The van der Waals surface area contributed by atoms with Crippen LogP contribution in [0.25, 0.3) is 0 Å². The standard InChI is InChI=1S/C30H32N2O6/c1-20(31-29(35)38-30(2,3)4)26(28(34)36-5)32-27(33)23-14-10-21(11-15-23)8-6-7-9-22-12-16-24(17-13-22)37-25-18-19-25/h10-17,20,25-26H,18-19H2,1-5H3,(H,31,35)(H,32,33)/t20-,26+/m1/s1. The van der Waals surface area contributed by atoms with E-state index in [9.17, 15) is 14.4 Å². The monoisotopic (exact) mass is 516 g/mol. The van der Waals surface area contributed by atoms with Crippen molar-refractivity contribution >= 4 is 18.0 Å². The van der Waals surface area contributed by atoms with Gasteiger partial charge < -0.3 is 24.8 Å².